The highest BCUT2D eigenvalue weighted by molar-refractivity contribution is 6.04. The first-order valence-corrected chi connectivity index (χ1v) is 9.92. The molecule has 3 aromatic carbocycles. The van der Waals surface area contributed by atoms with Gasteiger partial charge in [0.15, 0.2) is 16.9 Å². The summed E-state index contributed by atoms with van der Waals surface area (Å²) in [6.07, 6.45) is 0. The summed E-state index contributed by atoms with van der Waals surface area (Å²) >= 11 is 0. The Bertz CT molecular complexity index is 1410. The molecule has 1 amide bonds. The predicted molar refractivity (Wildman–Crippen MR) is 124 cm³/mol. The molecule has 0 radical (unpaired) electrons. The molecule has 2 N–H and O–H groups in total. The molecule has 0 saturated heterocycles. The Balaban J connectivity index is 1.71. The third-order valence-corrected chi connectivity index (χ3v) is 5.07. The Kier molecular flexibility index (Phi) is 5.91. The van der Waals surface area contributed by atoms with E-state index < -0.39 is 5.43 Å². The van der Waals surface area contributed by atoms with E-state index in [-0.39, 0.29) is 39.9 Å². The Labute approximate surface area is 188 Å². The van der Waals surface area contributed by atoms with Crippen LogP contribution in [-0.4, -0.2) is 32.3 Å². The van der Waals surface area contributed by atoms with Crippen LogP contribution in [-0.2, 0) is 0 Å². The number of anilines is 1. The van der Waals surface area contributed by atoms with E-state index in [1.165, 1.54) is 33.5 Å². The van der Waals surface area contributed by atoms with Gasteiger partial charge in [0.05, 0.1) is 21.3 Å². The van der Waals surface area contributed by atoms with Gasteiger partial charge in [0.1, 0.15) is 22.5 Å². The lowest BCUT2D eigenvalue weighted by atomic mass is 10.1. The van der Waals surface area contributed by atoms with Gasteiger partial charge in [0, 0.05) is 28.9 Å². The first kappa shape index (κ1) is 21.8. The molecule has 1 heterocycles. The van der Waals surface area contributed by atoms with E-state index in [9.17, 15) is 14.7 Å². The van der Waals surface area contributed by atoms with E-state index >= 15 is 0 Å². The number of carbonyl (C=O) groups is 1. The number of hydrogen-bond acceptors (Lipinski definition) is 7. The van der Waals surface area contributed by atoms with Gasteiger partial charge in [-0.15, -0.1) is 0 Å². The third-order valence-electron chi connectivity index (χ3n) is 5.07. The number of hydrogen-bond donors (Lipinski definition) is 2. The SMILES string of the molecule is COc1cccc(C(=O)Nc2cccc(-c3cc(=O)c4c(O)c(OC)c(OC)cc4o3)c2)c1. The van der Waals surface area contributed by atoms with Crippen LogP contribution in [0.2, 0.25) is 0 Å². The molecule has 0 aliphatic heterocycles. The van der Waals surface area contributed by atoms with Crippen molar-refractivity contribution >= 4 is 22.6 Å². The number of aromatic hydroxyl groups is 1. The standard InChI is InChI=1S/C25H21NO7/c1-30-17-9-5-7-15(11-17)25(29)26-16-8-4-6-14(10-16)19-12-18(27)22-20(33-19)13-21(31-2)24(32-3)23(22)28/h4-13,28H,1-3H3,(H,26,29). The first-order chi connectivity index (χ1) is 15.9. The zero-order valence-electron chi connectivity index (χ0n) is 18.2. The molecule has 0 aliphatic carbocycles. The quantitative estimate of drug-likeness (QED) is 0.450. The molecule has 0 spiro atoms. The number of amides is 1. The average Bonchev–Trinajstić information content (AvgIpc) is 2.83. The molecule has 8 nitrogen and oxygen atoms in total. The number of phenols is 1. The lowest BCUT2D eigenvalue weighted by molar-refractivity contribution is 0.102. The van der Waals surface area contributed by atoms with Gasteiger partial charge >= 0.3 is 0 Å². The van der Waals surface area contributed by atoms with Gasteiger partial charge < -0.3 is 29.1 Å². The lowest BCUT2D eigenvalue weighted by Gasteiger charge is -2.12. The normalized spacial score (nSPS) is 10.6. The van der Waals surface area contributed by atoms with Crippen LogP contribution in [0, 0.1) is 0 Å². The number of carbonyl (C=O) groups excluding carboxylic acids is 1. The fourth-order valence-corrected chi connectivity index (χ4v) is 3.47. The Morgan fingerprint density at radius 3 is 2.45 bits per heavy atom. The number of fused-ring (bicyclic) bond motifs is 1. The summed E-state index contributed by atoms with van der Waals surface area (Å²) in [6.45, 7) is 0. The van der Waals surface area contributed by atoms with Crippen molar-refractivity contribution in [2.24, 2.45) is 0 Å². The fraction of sp³-hybridized carbons (Fsp3) is 0.120. The van der Waals surface area contributed by atoms with Crippen LogP contribution in [0.1, 0.15) is 10.4 Å². The van der Waals surface area contributed by atoms with Gasteiger partial charge in [-0.3, -0.25) is 9.59 Å². The Morgan fingerprint density at radius 2 is 1.73 bits per heavy atom. The minimum Gasteiger partial charge on any atom is -0.504 e. The zero-order valence-corrected chi connectivity index (χ0v) is 18.2. The van der Waals surface area contributed by atoms with Crippen molar-refractivity contribution in [1.82, 2.24) is 0 Å². The third kappa shape index (κ3) is 4.18. The maximum atomic E-state index is 12.8. The van der Waals surface area contributed by atoms with Crippen molar-refractivity contribution in [3.63, 3.8) is 0 Å². The Hall–Kier alpha value is -4.46. The monoisotopic (exact) mass is 447 g/mol. The van der Waals surface area contributed by atoms with Crippen LogP contribution in [0.4, 0.5) is 5.69 Å². The predicted octanol–water partition coefficient (Wildman–Crippen LogP) is 4.44. The van der Waals surface area contributed by atoms with E-state index in [1.54, 1.807) is 48.5 Å². The van der Waals surface area contributed by atoms with Crippen molar-refractivity contribution in [2.45, 2.75) is 0 Å². The smallest absolute Gasteiger partial charge is 0.255 e. The van der Waals surface area contributed by atoms with Crippen molar-refractivity contribution in [3.05, 3.63) is 76.5 Å². The molecule has 0 saturated carbocycles. The minimum absolute atomic E-state index is 0.0149. The molecule has 8 heteroatoms. The van der Waals surface area contributed by atoms with E-state index in [4.69, 9.17) is 18.6 Å². The molecule has 1 aromatic heterocycles. The highest BCUT2D eigenvalue weighted by Gasteiger charge is 2.19. The molecular weight excluding hydrogens is 426 g/mol. The number of phenolic OH excluding ortho intramolecular Hbond substituents is 1. The molecule has 0 atom stereocenters. The largest absolute Gasteiger partial charge is 0.504 e. The first-order valence-electron chi connectivity index (χ1n) is 9.92. The molecule has 0 fully saturated rings. The second kappa shape index (κ2) is 8.96. The van der Waals surface area contributed by atoms with Gasteiger partial charge in [0.2, 0.25) is 5.75 Å². The molecule has 4 aromatic rings. The number of rotatable bonds is 6. The maximum Gasteiger partial charge on any atom is 0.255 e. The van der Waals surface area contributed by atoms with Gasteiger partial charge in [0.25, 0.3) is 5.91 Å². The lowest BCUT2D eigenvalue weighted by Crippen LogP contribution is -2.12. The summed E-state index contributed by atoms with van der Waals surface area (Å²) in [4.78, 5) is 25.4. The summed E-state index contributed by atoms with van der Waals surface area (Å²) in [5, 5.41) is 13.3. The highest BCUT2D eigenvalue weighted by Crippen LogP contribution is 2.42. The van der Waals surface area contributed by atoms with Crippen LogP contribution >= 0.6 is 0 Å². The van der Waals surface area contributed by atoms with Crippen LogP contribution in [0.25, 0.3) is 22.3 Å². The van der Waals surface area contributed by atoms with E-state index in [0.29, 0.717) is 22.6 Å². The van der Waals surface area contributed by atoms with Gasteiger partial charge in [-0.25, -0.2) is 0 Å². The second-order valence-corrected chi connectivity index (χ2v) is 7.08. The van der Waals surface area contributed by atoms with Crippen LogP contribution < -0.4 is 25.0 Å². The van der Waals surface area contributed by atoms with Crippen molar-refractivity contribution < 1.29 is 28.5 Å². The van der Waals surface area contributed by atoms with Gasteiger partial charge in [-0.2, -0.15) is 0 Å². The van der Waals surface area contributed by atoms with E-state index in [1.807, 2.05) is 0 Å². The summed E-state index contributed by atoms with van der Waals surface area (Å²) in [7, 11) is 4.31. The van der Waals surface area contributed by atoms with Gasteiger partial charge in [-0.05, 0) is 30.3 Å². The molecule has 33 heavy (non-hydrogen) atoms. The van der Waals surface area contributed by atoms with E-state index in [2.05, 4.69) is 5.32 Å². The number of nitrogens with one attached hydrogen (secondary N) is 1. The zero-order chi connectivity index (χ0) is 23.5. The number of ether oxygens (including phenoxy) is 3. The fourth-order valence-electron chi connectivity index (χ4n) is 3.47. The van der Waals surface area contributed by atoms with Crippen molar-refractivity contribution in [3.8, 4) is 34.3 Å². The Morgan fingerprint density at radius 1 is 0.939 bits per heavy atom. The van der Waals surface area contributed by atoms with Gasteiger partial charge in [-0.1, -0.05) is 18.2 Å². The van der Waals surface area contributed by atoms with Crippen LogP contribution in [0.3, 0.4) is 0 Å². The second-order valence-electron chi connectivity index (χ2n) is 7.08. The summed E-state index contributed by atoms with van der Waals surface area (Å²) in [5.74, 6) is 0.440. The minimum atomic E-state index is -0.449. The van der Waals surface area contributed by atoms with Crippen molar-refractivity contribution in [2.75, 3.05) is 26.6 Å². The molecule has 0 unspecified atom stereocenters. The highest BCUT2D eigenvalue weighted by atomic mass is 16.5. The molecule has 168 valence electrons. The molecule has 0 bridgehead atoms. The van der Waals surface area contributed by atoms with Crippen molar-refractivity contribution in [1.29, 1.82) is 0 Å². The summed E-state index contributed by atoms with van der Waals surface area (Å²) < 4.78 is 21.4. The molecule has 0 aliphatic rings. The topological polar surface area (TPSA) is 107 Å². The molecular formula is C25H21NO7. The summed E-state index contributed by atoms with van der Waals surface area (Å²) in [5.41, 5.74) is 1.20. The van der Waals surface area contributed by atoms with Crippen LogP contribution in [0.15, 0.2) is 69.9 Å². The summed E-state index contributed by atoms with van der Waals surface area (Å²) in [6, 6.07) is 16.4. The van der Waals surface area contributed by atoms with Crippen LogP contribution in [0.5, 0.6) is 23.0 Å². The number of benzene rings is 3. The molecule has 4 rings (SSSR count). The van der Waals surface area contributed by atoms with E-state index in [0.717, 1.165) is 0 Å². The maximum absolute atomic E-state index is 12.8. The number of methoxy groups -OCH3 is 3. The average molecular weight is 447 g/mol.